The maximum Gasteiger partial charge on any atom is 0.150 e. The molecule has 0 bridgehead atoms. The molecule has 0 radical (unpaired) electrons. The van der Waals surface area contributed by atoms with Crippen LogP contribution >= 0.6 is 0 Å². The Labute approximate surface area is 117 Å². The lowest BCUT2D eigenvalue weighted by atomic mass is 9.98. The van der Waals surface area contributed by atoms with E-state index in [1.807, 2.05) is 0 Å². The molecule has 0 amide bonds. The van der Waals surface area contributed by atoms with Gasteiger partial charge in [-0.25, -0.2) is 8.78 Å². The Balaban J connectivity index is 1.80. The quantitative estimate of drug-likeness (QED) is 0.838. The summed E-state index contributed by atoms with van der Waals surface area (Å²) < 4.78 is 32.8. The van der Waals surface area contributed by atoms with E-state index in [2.05, 4.69) is 5.32 Å². The fourth-order valence-corrected chi connectivity index (χ4v) is 2.44. The summed E-state index contributed by atoms with van der Waals surface area (Å²) in [5, 5.41) is 11.3. The Hall–Kier alpha value is -1.67. The number of ether oxygens (including phenoxy) is 1. The molecule has 0 atom stereocenters. The number of nitriles is 1. The summed E-state index contributed by atoms with van der Waals surface area (Å²) in [7, 11) is 0. The number of nitrogens with one attached hydrogen (secondary N) is 1. The highest BCUT2D eigenvalue weighted by molar-refractivity contribution is 5.50. The third-order valence-corrected chi connectivity index (χ3v) is 3.48. The maximum atomic E-state index is 13.6. The van der Waals surface area contributed by atoms with Crippen LogP contribution in [0.5, 0.6) is 0 Å². The normalized spacial score (nSPS) is 15.8. The second-order valence-corrected chi connectivity index (χ2v) is 4.98. The molecule has 5 heteroatoms. The Morgan fingerprint density at radius 2 is 1.85 bits per heavy atom. The van der Waals surface area contributed by atoms with Crippen LogP contribution in [-0.2, 0) is 4.74 Å². The summed E-state index contributed by atoms with van der Waals surface area (Å²) >= 11 is 0. The van der Waals surface area contributed by atoms with Crippen LogP contribution in [-0.4, -0.2) is 19.3 Å². The number of rotatable bonds is 5. The van der Waals surface area contributed by atoms with Gasteiger partial charge in [0.15, 0.2) is 11.6 Å². The average molecular weight is 280 g/mol. The number of hydrogen-bond donors (Lipinski definition) is 1. The molecule has 1 aliphatic carbocycles. The first-order valence-electron chi connectivity index (χ1n) is 6.95. The van der Waals surface area contributed by atoms with Crippen LogP contribution in [0, 0.1) is 23.0 Å². The van der Waals surface area contributed by atoms with Gasteiger partial charge in [-0.3, -0.25) is 0 Å². The molecule has 0 saturated heterocycles. The summed E-state index contributed by atoms with van der Waals surface area (Å²) in [6, 6.07) is 3.76. The number of nitrogens with zero attached hydrogens (tertiary/aromatic N) is 1. The van der Waals surface area contributed by atoms with Gasteiger partial charge in [0, 0.05) is 6.54 Å². The standard InChI is InChI=1S/C15H18F2N2O/c16-13-8-11(10-18)9-14(17)15(13)19-6-7-20-12-4-2-1-3-5-12/h8-9,12,19H,1-7H2. The third-order valence-electron chi connectivity index (χ3n) is 3.48. The SMILES string of the molecule is N#Cc1cc(F)c(NCCOC2CCCCC2)c(F)c1. The van der Waals surface area contributed by atoms with Crippen LogP contribution in [0.2, 0.25) is 0 Å². The molecule has 108 valence electrons. The number of halogens is 2. The fourth-order valence-electron chi connectivity index (χ4n) is 2.44. The zero-order valence-corrected chi connectivity index (χ0v) is 11.3. The monoisotopic (exact) mass is 280 g/mol. The molecular weight excluding hydrogens is 262 g/mol. The Bertz CT molecular complexity index is 470. The van der Waals surface area contributed by atoms with Crippen LogP contribution in [0.3, 0.4) is 0 Å². The first-order chi connectivity index (χ1) is 9.70. The third kappa shape index (κ3) is 3.91. The van der Waals surface area contributed by atoms with Crippen molar-refractivity contribution in [3.63, 3.8) is 0 Å². The topological polar surface area (TPSA) is 45.0 Å². The highest BCUT2D eigenvalue weighted by atomic mass is 19.1. The van der Waals surface area contributed by atoms with Crippen LogP contribution in [0.25, 0.3) is 0 Å². The van der Waals surface area contributed by atoms with Gasteiger partial charge in [0.05, 0.1) is 24.3 Å². The van der Waals surface area contributed by atoms with E-state index < -0.39 is 11.6 Å². The van der Waals surface area contributed by atoms with Crippen molar-refractivity contribution in [3.05, 3.63) is 29.3 Å². The molecule has 3 nitrogen and oxygen atoms in total. The summed E-state index contributed by atoms with van der Waals surface area (Å²) in [5.74, 6) is -1.50. The van der Waals surface area contributed by atoms with E-state index in [4.69, 9.17) is 10.00 Å². The van der Waals surface area contributed by atoms with Crippen molar-refractivity contribution >= 4 is 5.69 Å². The highest BCUT2D eigenvalue weighted by Crippen LogP contribution is 2.21. The summed E-state index contributed by atoms with van der Waals surface area (Å²) in [6.45, 7) is 0.764. The summed E-state index contributed by atoms with van der Waals surface area (Å²) in [6.07, 6.45) is 6.06. The molecule has 1 fully saturated rings. The Morgan fingerprint density at radius 1 is 1.20 bits per heavy atom. The molecule has 0 unspecified atom stereocenters. The van der Waals surface area contributed by atoms with E-state index in [1.165, 1.54) is 19.3 Å². The first-order valence-corrected chi connectivity index (χ1v) is 6.95. The van der Waals surface area contributed by atoms with E-state index in [-0.39, 0.29) is 17.4 Å². The van der Waals surface area contributed by atoms with E-state index in [1.54, 1.807) is 6.07 Å². The van der Waals surface area contributed by atoms with Crippen molar-refractivity contribution in [1.82, 2.24) is 0 Å². The number of hydrogen-bond acceptors (Lipinski definition) is 3. The zero-order chi connectivity index (χ0) is 14.4. The lowest BCUT2D eigenvalue weighted by molar-refractivity contribution is 0.0347. The maximum absolute atomic E-state index is 13.6. The lowest BCUT2D eigenvalue weighted by Gasteiger charge is -2.22. The minimum Gasteiger partial charge on any atom is -0.378 e. The van der Waals surface area contributed by atoms with Crippen molar-refractivity contribution < 1.29 is 13.5 Å². The predicted octanol–water partition coefficient (Wildman–Crippen LogP) is 3.60. The van der Waals surface area contributed by atoms with Crippen molar-refractivity contribution in [2.45, 2.75) is 38.2 Å². The van der Waals surface area contributed by atoms with Crippen LogP contribution in [0.1, 0.15) is 37.7 Å². The molecule has 1 N–H and O–H groups in total. The molecule has 0 aliphatic heterocycles. The Morgan fingerprint density at radius 3 is 2.45 bits per heavy atom. The largest absolute Gasteiger partial charge is 0.378 e. The molecular formula is C15H18F2N2O. The van der Waals surface area contributed by atoms with Gasteiger partial charge in [0.25, 0.3) is 0 Å². The van der Waals surface area contributed by atoms with Crippen molar-refractivity contribution in [3.8, 4) is 6.07 Å². The van der Waals surface area contributed by atoms with Gasteiger partial charge in [-0.1, -0.05) is 19.3 Å². The Kier molecular flexibility index (Phi) is 5.31. The van der Waals surface area contributed by atoms with E-state index in [9.17, 15) is 8.78 Å². The summed E-state index contributed by atoms with van der Waals surface area (Å²) in [4.78, 5) is 0. The van der Waals surface area contributed by atoms with Crippen molar-refractivity contribution in [2.24, 2.45) is 0 Å². The molecule has 1 aliphatic rings. The second kappa shape index (κ2) is 7.20. The minimum absolute atomic E-state index is 0.0241. The van der Waals surface area contributed by atoms with Crippen LogP contribution < -0.4 is 5.32 Å². The number of benzene rings is 1. The minimum atomic E-state index is -0.751. The lowest BCUT2D eigenvalue weighted by Crippen LogP contribution is -2.21. The molecule has 0 aromatic heterocycles. The highest BCUT2D eigenvalue weighted by Gasteiger charge is 2.14. The van der Waals surface area contributed by atoms with Gasteiger partial charge in [0.2, 0.25) is 0 Å². The van der Waals surface area contributed by atoms with E-state index in [0.29, 0.717) is 13.2 Å². The van der Waals surface area contributed by atoms with Gasteiger partial charge >= 0.3 is 0 Å². The van der Waals surface area contributed by atoms with Gasteiger partial charge in [-0.2, -0.15) is 5.26 Å². The van der Waals surface area contributed by atoms with Gasteiger partial charge < -0.3 is 10.1 Å². The van der Waals surface area contributed by atoms with Crippen LogP contribution in [0.15, 0.2) is 12.1 Å². The molecule has 0 spiro atoms. The molecule has 20 heavy (non-hydrogen) atoms. The zero-order valence-electron chi connectivity index (χ0n) is 11.3. The average Bonchev–Trinajstić information content (AvgIpc) is 2.46. The smallest absolute Gasteiger partial charge is 0.150 e. The molecule has 1 saturated carbocycles. The van der Waals surface area contributed by atoms with Gasteiger partial charge in [-0.05, 0) is 25.0 Å². The molecule has 0 heterocycles. The van der Waals surface area contributed by atoms with E-state index >= 15 is 0 Å². The van der Waals surface area contributed by atoms with Gasteiger partial charge in [-0.15, -0.1) is 0 Å². The molecule has 2 rings (SSSR count). The number of anilines is 1. The molecule has 1 aromatic carbocycles. The predicted molar refractivity (Wildman–Crippen MR) is 72.4 cm³/mol. The summed E-state index contributed by atoms with van der Waals surface area (Å²) in [5.41, 5.74) is -0.222. The van der Waals surface area contributed by atoms with E-state index in [0.717, 1.165) is 25.0 Å². The molecule has 1 aromatic rings. The van der Waals surface area contributed by atoms with Gasteiger partial charge in [0.1, 0.15) is 5.69 Å². The van der Waals surface area contributed by atoms with Crippen molar-refractivity contribution in [1.29, 1.82) is 5.26 Å². The first kappa shape index (κ1) is 14.7. The van der Waals surface area contributed by atoms with Crippen molar-refractivity contribution in [2.75, 3.05) is 18.5 Å². The van der Waals surface area contributed by atoms with Crippen LogP contribution in [0.4, 0.5) is 14.5 Å². The fraction of sp³-hybridized carbons (Fsp3) is 0.533. The second-order valence-electron chi connectivity index (χ2n) is 4.98.